The molecule has 0 radical (unpaired) electrons. The van der Waals surface area contributed by atoms with Crippen LogP contribution in [0.25, 0.3) is 11.1 Å². The van der Waals surface area contributed by atoms with E-state index >= 15 is 0 Å². The van der Waals surface area contributed by atoms with Gasteiger partial charge in [-0.25, -0.2) is 9.18 Å². The van der Waals surface area contributed by atoms with Gasteiger partial charge in [-0.2, -0.15) is 0 Å². The molecule has 1 saturated heterocycles. The number of piperidine rings is 1. The lowest BCUT2D eigenvalue weighted by molar-refractivity contribution is -0.143. The quantitative estimate of drug-likeness (QED) is 0.562. The van der Waals surface area contributed by atoms with Crippen LogP contribution < -0.4 is 10.9 Å². The molecular formula is C25H32FN3O5. The van der Waals surface area contributed by atoms with Crippen LogP contribution in [0.2, 0.25) is 0 Å². The number of likely N-dealkylation sites (tertiary alicyclic amines) is 1. The van der Waals surface area contributed by atoms with Crippen molar-refractivity contribution in [3.05, 3.63) is 58.3 Å². The molecular weight excluding hydrogens is 441 g/mol. The molecule has 34 heavy (non-hydrogen) atoms. The Morgan fingerprint density at radius 3 is 2.41 bits per heavy atom. The number of rotatable bonds is 7. The highest BCUT2D eigenvalue weighted by Crippen LogP contribution is 2.25. The van der Waals surface area contributed by atoms with Crippen LogP contribution in [0.15, 0.2) is 41.3 Å². The second-order valence-electron chi connectivity index (χ2n) is 9.63. The fraction of sp³-hybridized carbons (Fsp3) is 0.480. The van der Waals surface area contributed by atoms with Crippen LogP contribution in [0, 0.1) is 11.7 Å². The number of hydrogen-bond donors (Lipinski definition) is 3. The topological polar surface area (TPSA) is 112 Å². The van der Waals surface area contributed by atoms with Crippen LogP contribution in [-0.4, -0.2) is 52.3 Å². The molecule has 3 N–H and O–H groups in total. The van der Waals surface area contributed by atoms with E-state index in [-0.39, 0.29) is 12.0 Å². The summed E-state index contributed by atoms with van der Waals surface area (Å²) in [7, 11) is 0. The van der Waals surface area contributed by atoms with Gasteiger partial charge in [0.25, 0.3) is 5.56 Å². The van der Waals surface area contributed by atoms with Crippen molar-refractivity contribution in [1.82, 2.24) is 15.2 Å². The number of nitrogens with zero attached hydrogens (tertiary/aromatic N) is 1. The van der Waals surface area contributed by atoms with E-state index in [2.05, 4.69) is 15.2 Å². The van der Waals surface area contributed by atoms with Gasteiger partial charge in [0.2, 0.25) is 0 Å². The number of benzene rings is 1. The van der Waals surface area contributed by atoms with Gasteiger partial charge >= 0.3 is 12.1 Å². The number of aromatic nitrogens is 1. The molecule has 0 unspecified atom stereocenters. The molecule has 184 valence electrons. The number of nitrogens with one attached hydrogen (secondary N) is 2. The fourth-order valence-electron chi connectivity index (χ4n) is 4.02. The van der Waals surface area contributed by atoms with E-state index in [4.69, 9.17) is 4.74 Å². The van der Waals surface area contributed by atoms with E-state index < -0.39 is 29.0 Å². The third-order valence-corrected chi connectivity index (χ3v) is 5.87. The Bertz CT molecular complexity index is 1050. The van der Waals surface area contributed by atoms with Crippen molar-refractivity contribution in [3.8, 4) is 11.1 Å². The van der Waals surface area contributed by atoms with Crippen molar-refractivity contribution in [2.75, 3.05) is 19.6 Å². The maximum absolute atomic E-state index is 13.7. The third-order valence-electron chi connectivity index (χ3n) is 5.87. The SMILES string of the molecule is CC(C)(C)OC(=O)N[C@H](CCN1CCC(C(=O)O)CC1)c1ccc(-c2c[nH]c(=O)c(F)c2)cc1. The van der Waals surface area contributed by atoms with Crippen molar-refractivity contribution in [2.45, 2.75) is 51.7 Å². The number of carboxylic acid groups (broad SMARTS) is 1. The van der Waals surface area contributed by atoms with E-state index in [9.17, 15) is 23.9 Å². The summed E-state index contributed by atoms with van der Waals surface area (Å²) < 4.78 is 19.1. The molecule has 9 heteroatoms. The Hall–Kier alpha value is -3.20. The molecule has 0 aliphatic carbocycles. The number of carboxylic acids is 1. The van der Waals surface area contributed by atoms with Crippen LogP contribution in [0.5, 0.6) is 0 Å². The summed E-state index contributed by atoms with van der Waals surface area (Å²) in [5.74, 6) is -1.89. The van der Waals surface area contributed by atoms with Crippen molar-refractivity contribution in [3.63, 3.8) is 0 Å². The predicted octanol–water partition coefficient (Wildman–Crippen LogP) is 3.93. The molecule has 1 aromatic heterocycles. The lowest BCUT2D eigenvalue weighted by atomic mass is 9.96. The second-order valence-corrected chi connectivity index (χ2v) is 9.63. The molecule has 1 aliphatic heterocycles. The third kappa shape index (κ3) is 7.15. The van der Waals surface area contributed by atoms with Crippen molar-refractivity contribution in [2.24, 2.45) is 5.92 Å². The summed E-state index contributed by atoms with van der Waals surface area (Å²) >= 11 is 0. The number of hydrogen-bond acceptors (Lipinski definition) is 5. The van der Waals surface area contributed by atoms with Crippen LogP contribution >= 0.6 is 0 Å². The number of alkyl carbamates (subject to hydrolysis) is 1. The number of aliphatic carboxylic acids is 1. The Balaban J connectivity index is 1.72. The zero-order chi connectivity index (χ0) is 24.9. The number of H-pyrrole nitrogens is 1. The smallest absolute Gasteiger partial charge is 0.408 e. The molecule has 2 aromatic rings. The van der Waals surface area contributed by atoms with Gasteiger partial charge in [0.05, 0.1) is 12.0 Å². The first-order valence-electron chi connectivity index (χ1n) is 11.4. The summed E-state index contributed by atoms with van der Waals surface area (Å²) in [5.41, 5.74) is 0.729. The number of carbonyl (C=O) groups is 2. The molecule has 1 atom stereocenters. The maximum atomic E-state index is 13.7. The first kappa shape index (κ1) is 25.4. The minimum atomic E-state index is -0.849. The summed E-state index contributed by atoms with van der Waals surface area (Å²) in [4.78, 5) is 39.5. The number of halogens is 1. The van der Waals surface area contributed by atoms with E-state index in [0.717, 1.165) is 11.1 Å². The first-order chi connectivity index (χ1) is 16.0. The van der Waals surface area contributed by atoms with Crippen LogP contribution in [-0.2, 0) is 9.53 Å². The van der Waals surface area contributed by atoms with Crippen LogP contribution in [0.4, 0.5) is 9.18 Å². The van der Waals surface area contributed by atoms with Gasteiger partial charge in [-0.05, 0) is 70.3 Å². The summed E-state index contributed by atoms with van der Waals surface area (Å²) in [6.07, 6.45) is 2.78. The normalized spacial score (nSPS) is 16.1. The van der Waals surface area contributed by atoms with Crippen molar-refractivity contribution < 1.29 is 23.8 Å². The summed E-state index contributed by atoms with van der Waals surface area (Å²) in [6.45, 7) is 7.49. The Morgan fingerprint density at radius 2 is 1.85 bits per heavy atom. The maximum Gasteiger partial charge on any atom is 0.408 e. The Kier molecular flexibility index (Phi) is 8.09. The number of aromatic amines is 1. The summed E-state index contributed by atoms with van der Waals surface area (Å²) in [6, 6.07) is 8.20. The van der Waals surface area contributed by atoms with E-state index in [1.807, 2.05) is 24.3 Å². The molecule has 8 nitrogen and oxygen atoms in total. The van der Waals surface area contributed by atoms with Crippen molar-refractivity contribution in [1.29, 1.82) is 0 Å². The minimum Gasteiger partial charge on any atom is -0.481 e. The highest BCUT2D eigenvalue weighted by Gasteiger charge is 2.26. The van der Waals surface area contributed by atoms with Gasteiger partial charge in [0, 0.05) is 18.3 Å². The molecule has 1 fully saturated rings. The number of carbonyl (C=O) groups excluding carboxylic acids is 1. The minimum absolute atomic E-state index is 0.294. The van der Waals surface area contributed by atoms with Gasteiger partial charge in [0.15, 0.2) is 5.82 Å². The molecule has 0 saturated carbocycles. The lowest BCUT2D eigenvalue weighted by Crippen LogP contribution is -2.39. The summed E-state index contributed by atoms with van der Waals surface area (Å²) in [5, 5.41) is 12.1. The molecule has 1 amide bonds. The average Bonchev–Trinajstić information content (AvgIpc) is 2.77. The number of ether oxygens (including phenoxy) is 1. The molecule has 1 aliphatic rings. The number of pyridine rings is 1. The zero-order valence-corrected chi connectivity index (χ0v) is 19.8. The Labute approximate surface area is 198 Å². The predicted molar refractivity (Wildman–Crippen MR) is 126 cm³/mol. The van der Waals surface area contributed by atoms with E-state index in [0.29, 0.717) is 44.5 Å². The van der Waals surface area contributed by atoms with E-state index in [1.54, 1.807) is 20.8 Å². The largest absolute Gasteiger partial charge is 0.481 e. The highest BCUT2D eigenvalue weighted by molar-refractivity contribution is 5.70. The second kappa shape index (κ2) is 10.8. The molecule has 0 spiro atoms. The van der Waals surface area contributed by atoms with Gasteiger partial charge in [0.1, 0.15) is 5.60 Å². The molecule has 1 aromatic carbocycles. The highest BCUT2D eigenvalue weighted by atomic mass is 19.1. The molecule has 2 heterocycles. The van der Waals surface area contributed by atoms with E-state index in [1.165, 1.54) is 12.3 Å². The van der Waals surface area contributed by atoms with Gasteiger partial charge in [-0.1, -0.05) is 24.3 Å². The first-order valence-corrected chi connectivity index (χ1v) is 11.4. The van der Waals surface area contributed by atoms with Gasteiger partial charge in [-0.15, -0.1) is 0 Å². The fourth-order valence-corrected chi connectivity index (χ4v) is 4.02. The van der Waals surface area contributed by atoms with Gasteiger partial charge in [-0.3, -0.25) is 9.59 Å². The average molecular weight is 474 g/mol. The monoisotopic (exact) mass is 473 g/mol. The number of amides is 1. The standard InChI is InChI=1S/C25H32FN3O5/c1-25(2,3)34-24(33)28-21(10-13-29-11-8-18(9-12-29)23(31)32)17-6-4-16(5-7-17)19-14-20(26)22(30)27-15-19/h4-7,14-15,18,21H,8-13H2,1-3H3,(H,27,30)(H,28,33)(H,31,32)/t21-/m1/s1. The van der Waals surface area contributed by atoms with Crippen molar-refractivity contribution >= 4 is 12.1 Å². The zero-order valence-electron chi connectivity index (χ0n) is 19.8. The molecule has 3 rings (SSSR count). The molecule has 0 bridgehead atoms. The van der Waals surface area contributed by atoms with Crippen LogP contribution in [0.3, 0.4) is 0 Å². The Morgan fingerprint density at radius 1 is 1.21 bits per heavy atom. The lowest BCUT2D eigenvalue weighted by Gasteiger charge is -2.31. The van der Waals surface area contributed by atoms with Crippen LogP contribution in [0.1, 0.15) is 51.6 Å². The van der Waals surface area contributed by atoms with Gasteiger partial charge < -0.3 is 25.0 Å².